The zero-order valence-corrected chi connectivity index (χ0v) is 16.8. The zero-order chi connectivity index (χ0) is 21.8. The lowest BCUT2D eigenvalue weighted by Gasteiger charge is -2.10. The molecule has 0 aliphatic carbocycles. The number of aryl methyl sites for hydroxylation is 2. The molecule has 3 rings (SSSR count). The lowest BCUT2D eigenvalue weighted by molar-refractivity contribution is -0.0498. The topological polar surface area (TPSA) is 78.8 Å². The molecular formula is C22H15F2N3O2S. The average Bonchev–Trinajstić information content (AvgIpc) is 3.00. The van der Waals surface area contributed by atoms with Crippen molar-refractivity contribution >= 4 is 23.0 Å². The highest BCUT2D eigenvalue weighted by molar-refractivity contribution is 7.07. The first-order valence-electron chi connectivity index (χ1n) is 8.75. The van der Waals surface area contributed by atoms with Gasteiger partial charge in [-0.1, -0.05) is 30.3 Å². The number of benzene rings is 2. The Morgan fingerprint density at radius 2 is 1.70 bits per heavy atom. The molecular weight excluding hydrogens is 408 g/mol. The predicted molar refractivity (Wildman–Crippen MR) is 110 cm³/mol. The minimum absolute atomic E-state index is 0.00606. The van der Waals surface area contributed by atoms with E-state index < -0.39 is 6.61 Å². The second-order valence-corrected chi connectivity index (χ2v) is 7.37. The Bertz CT molecular complexity index is 1320. The Hall–Kier alpha value is -3.75. The molecule has 3 aromatic rings. The van der Waals surface area contributed by atoms with Crippen LogP contribution >= 0.6 is 11.3 Å². The SMILES string of the molecule is Cc1cccc(C)c1-n1c(=C(C#N)C#N)s/c(=C\c2ccc(OC(F)F)cc2)c1=O. The maximum Gasteiger partial charge on any atom is 0.387 e. The molecule has 5 nitrogen and oxygen atoms in total. The molecule has 0 amide bonds. The molecule has 0 N–H and O–H groups in total. The van der Waals surface area contributed by atoms with Crippen molar-refractivity contribution in [2.24, 2.45) is 0 Å². The van der Waals surface area contributed by atoms with E-state index in [2.05, 4.69) is 4.74 Å². The van der Waals surface area contributed by atoms with Crippen molar-refractivity contribution in [3.05, 3.63) is 78.7 Å². The van der Waals surface area contributed by atoms with Gasteiger partial charge in [0, 0.05) is 0 Å². The Morgan fingerprint density at radius 1 is 1.10 bits per heavy atom. The monoisotopic (exact) mass is 423 g/mol. The van der Waals surface area contributed by atoms with Gasteiger partial charge < -0.3 is 4.74 Å². The summed E-state index contributed by atoms with van der Waals surface area (Å²) < 4.78 is 30.9. The Labute approximate surface area is 174 Å². The van der Waals surface area contributed by atoms with E-state index in [4.69, 9.17) is 0 Å². The fourth-order valence-electron chi connectivity index (χ4n) is 3.03. The van der Waals surface area contributed by atoms with Crippen molar-refractivity contribution in [1.82, 2.24) is 4.57 Å². The molecule has 0 bridgehead atoms. The molecule has 1 heterocycles. The van der Waals surface area contributed by atoms with Crippen LogP contribution in [-0.4, -0.2) is 11.2 Å². The van der Waals surface area contributed by atoms with Crippen LogP contribution in [0.25, 0.3) is 17.3 Å². The number of halogens is 2. The number of alkyl halides is 2. The van der Waals surface area contributed by atoms with Crippen LogP contribution in [0.15, 0.2) is 47.3 Å². The van der Waals surface area contributed by atoms with Gasteiger partial charge in [0.15, 0.2) is 5.57 Å². The molecule has 2 aromatic carbocycles. The molecule has 150 valence electrons. The van der Waals surface area contributed by atoms with E-state index in [1.165, 1.54) is 16.7 Å². The lowest BCUT2D eigenvalue weighted by atomic mass is 10.1. The summed E-state index contributed by atoms with van der Waals surface area (Å²) in [5.74, 6) is 0.00606. The van der Waals surface area contributed by atoms with E-state index in [0.717, 1.165) is 22.5 Å². The largest absolute Gasteiger partial charge is 0.435 e. The number of aromatic nitrogens is 1. The second kappa shape index (κ2) is 8.73. The van der Waals surface area contributed by atoms with Gasteiger partial charge in [-0.15, -0.1) is 11.3 Å². The first kappa shape index (κ1) is 21.0. The molecule has 0 unspecified atom stereocenters. The number of thiazole rings is 1. The van der Waals surface area contributed by atoms with Gasteiger partial charge in [-0.05, 0) is 48.7 Å². The summed E-state index contributed by atoms with van der Waals surface area (Å²) in [6.45, 7) is 0.773. The highest BCUT2D eigenvalue weighted by atomic mass is 32.1. The standard InChI is InChI=1S/C22H15F2N3O2S/c1-13-4-3-5-14(2)19(13)27-20(28)18(30-21(27)16(11-25)12-26)10-15-6-8-17(9-7-15)29-22(23)24/h3-10,22H,1-2H3/b18-10-. The molecule has 1 aromatic heterocycles. The minimum atomic E-state index is -2.92. The molecule has 0 fully saturated rings. The van der Waals surface area contributed by atoms with E-state index in [1.807, 2.05) is 44.2 Å². The Balaban J connectivity index is 2.29. The molecule has 0 atom stereocenters. The first-order valence-corrected chi connectivity index (χ1v) is 9.57. The summed E-state index contributed by atoms with van der Waals surface area (Å²) in [5, 5.41) is 18.8. The molecule has 30 heavy (non-hydrogen) atoms. The third-order valence-corrected chi connectivity index (χ3v) is 5.42. The van der Waals surface area contributed by atoms with Gasteiger partial charge >= 0.3 is 6.61 Å². The van der Waals surface area contributed by atoms with E-state index in [0.29, 0.717) is 15.8 Å². The van der Waals surface area contributed by atoms with Gasteiger partial charge in [-0.2, -0.15) is 19.3 Å². The van der Waals surface area contributed by atoms with Crippen LogP contribution in [0.2, 0.25) is 0 Å². The molecule has 0 aliphatic rings. The number of hydrogen-bond acceptors (Lipinski definition) is 5. The number of ether oxygens (including phenoxy) is 1. The van der Waals surface area contributed by atoms with Crippen molar-refractivity contribution < 1.29 is 13.5 Å². The minimum Gasteiger partial charge on any atom is -0.435 e. The molecule has 0 spiro atoms. The molecule has 0 saturated carbocycles. The van der Waals surface area contributed by atoms with Crippen LogP contribution in [0.3, 0.4) is 0 Å². The highest BCUT2D eigenvalue weighted by Gasteiger charge is 2.14. The van der Waals surface area contributed by atoms with E-state index in [1.54, 1.807) is 18.2 Å². The normalized spacial score (nSPS) is 11.2. The Morgan fingerprint density at radius 3 is 2.23 bits per heavy atom. The average molecular weight is 423 g/mol. The van der Waals surface area contributed by atoms with Crippen molar-refractivity contribution in [2.75, 3.05) is 0 Å². The van der Waals surface area contributed by atoms with Crippen LogP contribution in [0, 0.1) is 36.5 Å². The van der Waals surface area contributed by atoms with Crippen LogP contribution in [0.5, 0.6) is 5.75 Å². The number of hydrogen-bond donors (Lipinski definition) is 0. The Kier molecular flexibility index (Phi) is 6.10. The third-order valence-electron chi connectivity index (χ3n) is 4.33. The summed E-state index contributed by atoms with van der Waals surface area (Å²) in [7, 11) is 0. The quantitative estimate of drug-likeness (QED) is 0.646. The van der Waals surface area contributed by atoms with Crippen LogP contribution < -0.4 is 19.5 Å². The molecule has 0 radical (unpaired) electrons. The van der Waals surface area contributed by atoms with Gasteiger partial charge in [0.2, 0.25) is 0 Å². The molecule has 8 heteroatoms. The van der Waals surface area contributed by atoms with Gasteiger partial charge in [0.05, 0.1) is 10.2 Å². The summed E-state index contributed by atoms with van der Waals surface area (Å²) in [4.78, 5) is 13.2. The van der Waals surface area contributed by atoms with Crippen molar-refractivity contribution in [1.29, 1.82) is 10.5 Å². The number of rotatable bonds is 4. The van der Waals surface area contributed by atoms with E-state index in [9.17, 15) is 24.1 Å². The smallest absolute Gasteiger partial charge is 0.387 e. The molecule has 0 aliphatic heterocycles. The van der Waals surface area contributed by atoms with Gasteiger partial charge in [-0.25, -0.2) is 0 Å². The maximum atomic E-state index is 13.2. The van der Waals surface area contributed by atoms with E-state index >= 15 is 0 Å². The van der Waals surface area contributed by atoms with Crippen molar-refractivity contribution in [3.63, 3.8) is 0 Å². The van der Waals surface area contributed by atoms with E-state index in [-0.39, 0.29) is 21.5 Å². The third kappa shape index (κ3) is 4.14. The first-order chi connectivity index (χ1) is 14.3. The fraction of sp³-hybridized carbons (Fsp3) is 0.136. The zero-order valence-electron chi connectivity index (χ0n) is 16.0. The summed E-state index contributed by atoms with van der Waals surface area (Å²) in [5.41, 5.74) is 2.32. The molecule has 0 saturated heterocycles. The summed E-state index contributed by atoms with van der Waals surface area (Å²) in [6.07, 6.45) is 1.58. The van der Waals surface area contributed by atoms with Gasteiger partial charge in [-0.3, -0.25) is 9.36 Å². The maximum absolute atomic E-state index is 13.2. The van der Waals surface area contributed by atoms with Gasteiger partial charge in [0.1, 0.15) is 22.6 Å². The van der Waals surface area contributed by atoms with Crippen molar-refractivity contribution in [3.8, 4) is 23.6 Å². The number of para-hydroxylation sites is 1. The van der Waals surface area contributed by atoms with Crippen LogP contribution in [0.4, 0.5) is 8.78 Å². The summed E-state index contributed by atoms with van der Waals surface area (Å²) >= 11 is 1.03. The highest BCUT2D eigenvalue weighted by Crippen LogP contribution is 2.17. The summed E-state index contributed by atoms with van der Waals surface area (Å²) in [6, 6.07) is 15.1. The van der Waals surface area contributed by atoms with Crippen LogP contribution in [-0.2, 0) is 0 Å². The fourth-order valence-corrected chi connectivity index (χ4v) is 4.07. The lowest BCUT2D eigenvalue weighted by Crippen LogP contribution is -2.31. The van der Waals surface area contributed by atoms with Crippen LogP contribution in [0.1, 0.15) is 16.7 Å². The van der Waals surface area contributed by atoms with Crippen molar-refractivity contribution in [2.45, 2.75) is 20.5 Å². The predicted octanol–water partition coefficient (Wildman–Crippen LogP) is 3.14. The number of nitriles is 2. The van der Waals surface area contributed by atoms with Gasteiger partial charge in [0.25, 0.3) is 5.56 Å². The second-order valence-electron chi connectivity index (χ2n) is 6.34. The number of nitrogens with zero attached hydrogens (tertiary/aromatic N) is 3.